The molecule has 98 valence electrons. The van der Waals surface area contributed by atoms with E-state index >= 15 is 0 Å². The Balaban J connectivity index is 2.46. The van der Waals surface area contributed by atoms with E-state index < -0.39 is 6.10 Å². The second-order valence-corrected chi connectivity index (χ2v) is 4.74. The standard InChI is InChI=1S/C15H21NO2/c1-11-4-6-14(7-5-11)8-9-15(18)16-12(2)10-13(3)17/h4-9,12-13,17H,10H2,1-3H3,(H,16,18)/b9-8+. The molecule has 2 N–H and O–H groups in total. The molecule has 1 amide bonds. The average molecular weight is 247 g/mol. The van der Waals surface area contributed by atoms with Crippen molar-refractivity contribution in [2.45, 2.75) is 39.3 Å². The van der Waals surface area contributed by atoms with Gasteiger partial charge in [0.2, 0.25) is 5.91 Å². The maximum atomic E-state index is 11.6. The summed E-state index contributed by atoms with van der Waals surface area (Å²) in [5.74, 6) is -0.135. The van der Waals surface area contributed by atoms with Crippen LogP contribution in [0.2, 0.25) is 0 Å². The Kier molecular flexibility index (Phi) is 5.59. The summed E-state index contributed by atoms with van der Waals surface area (Å²) >= 11 is 0. The Bertz CT molecular complexity index is 407. The third-order valence-corrected chi connectivity index (χ3v) is 2.59. The molecule has 0 saturated carbocycles. The zero-order valence-corrected chi connectivity index (χ0v) is 11.2. The zero-order valence-electron chi connectivity index (χ0n) is 11.2. The first kappa shape index (κ1) is 14.5. The third kappa shape index (κ3) is 5.64. The molecule has 0 aliphatic heterocycles. The summed E-state index contributed by atoms with van der Waals surface area (Å²) in [7, 11) is 0. The topological polar surface area (TPSA) is 49.3 Å². The number of hydrogen-bond acceptors (Lipinski definition) is 2. The predicted octanol–water partition coefficient (Wildman–Crippen LogP) is 2.28. The van der Waals surface area contributed by atoms with Gasteiger partial charge < -0.3 is 10.4 Å². The van der Waals surface area contributed by atoms with Crippen LogP contribution in [0.4, 0.5) is 0 Å². The fourth-order valence-corrected chi connectivity index (χ4v) is 1.71. The average Bonchev–Trinajstić information content (AvgIpc) is 2.27. The number of carbonyl (C=O) groups excluding carboxylic acids is 1. The van der Waals surface area contributed by atoms with Crippen LogP contribution in [-0.4, -0.2) is 23.2 Å². The summed E-state index contributed by atoms with van der Waals surface area (Å²) in [5, 5.41) is 12.0. The minimum atomic E-state index is -0.402. The van der Waals surface area contributed by atoms with Crippen molar-refractivity contribution >= 4 is 12.0 Å². The van der Waals surface area contributed by atoms with E-state index in [4.69, 9.17) is 0 Å². The molecule has 1 rings (SSSR count). The molecule has 2 atom stereocenters. The van der Waals surface area contributed by atoms with Gasteiger partial charge in [0.25, 0.3) is 0 Å². The molecule has 0 radical (unpaired) electrons. The summed E-state index contributed by atoms with van der Waals surface area (Å²) in [4.78, 5) is 11.6. The molecule has 1 aromatic rings. The summed E-state index contributed by atoms with van der Waals surface area (Å²) in [5.41, 5.74) is 2.20. The fourth-order valence-electron chi connectivity index (χ4n) is 1.71. The van der Waals surface area contributed by atoms with Crippen molar-refractivity contribution in [3.63, 3.8) is 0 Å². The van der Waals surface area contributed by atoms with Gasteiger partial charge in [0.15, 0.2) is 0 Å². The maximum absolute atomic E-state index is 11.6. The molecule has 0 aliphatic carbocycles. The molecule has 3 nitrogen and oxygen atoms in total. The van der Waals surface area contributed by atoms with Crippen molar-refractivity contribution in [1.82, 2.24) is 5.32 Å². The number of aliphatic hydroxyl groups excluding tert-OH is 1. The number of benzene rings is 1. The van der Waals surface area contributed by atoms with E-state index in [1.165, 1.54) is 11.6 Å². The monoisotopic (exact) mass is 247 g/mol. The van der Waals surface area contributed by atoms with Crippen LogP contribution >= 0.6 is 0 Å². The summed E-state index contributed by atoms with van der Waals surface area (Å²) in [6.45, 7) is 5.62. The second kappa shape index (κ2) is 6.97. The van der Waals surface area contributed by atoms with Gasteiger partial charge in [0.05, 0.1) is 6.10 Å². The number of rotatable bonds is 5. The van der Waals surface area contributed by atoms with Crippen LogP contribution in [0.15, 0.2) is 30.3 Å². The van der Waals surface area contributed by atoms with Crippen LogP contribution in [-0.2, 0) is 4.79 Å². The lowest BCUT2D eigenvalue weighted by atomic mass is 10.1. The van der Waals surface area contributed by atoms with Gasteiger partial charge in [-0.15, -0.1) is 0 Å². The van der Waals surface area contributed by atoms with Gasteiger partial charge in [0.1, 0.15) is 0 Å². The van der Waals surface area contributed by atoms with Gasteiger partial charge >= 0.3 is 0 Å². The molecule has 3 heteroatoms. The lowest BCUT2D eigenvalue weighted by Crippen LogP contribution is -2.33. The molecule has 0 heterocycles. The number of nitrogens with one attached hydrogen (secondary N) is 1. The highest BCUT2D eigenvalue weighted by molar-refractivity contribution is 5.91. The highest BCUT2D eigenvalue weighted by atomic mass is 16.3. The van der Waals surface area contributed by atoms with Gasteiger partial charge in [-0.3, -0.25) is 4.79 Å². The van der Waals surface area contributed by atoms with Crippen LogP contribution in [0.3, 0.4) is 0 Å². The summed E-state index contributed by atoms with van der Waals surface area (Å²) < 4.78 is 0. The van der Waals surface area contributed by atoms with Crippen LogP contribution in [0, 0.1) is 6.92 Å². The largest absolute Gasteiger partial charge is 0.393 e. The number of carbonyl (C=O) groups is 1. The molecule has 0 bridgehead atoms. The van der Waals surface area contributed by atoms with Crippen molar-refractivity contribution in [1.29, 1.82) is 0 Å². The van der Waals surface area contributed by atoms with Crippen molar-refractivity contribution in [2.75, 3.05) is 0 Å². The zero-order chi connectivity index (χ0) is 13.5. The predicted molar refractivity (Wildman–Crippen MR) is 74.1 cm³/mol. The van der Waals surface area contributed by atoms with Gasteiger partial charge in [-0.2, -0.15) is 0 Å². The maximum Gasteiger partial charge on any atom is 0.244 e. The normalized spacial score (nSPS) is 14.4. The quantitative estimate of drug-likeness (QED) is 0.784. The minimum Gasteiger partial charge on any atom is -0.393 e. The number of aryl methyl sites for hydroxylation is 1. The lowest BCUT2D eigenvalue weighted by molar-refractivity contribution is -0.117. The van der Waals surface area contributed by atoms with Crippen LogP contribution in [0.1, 0.15) is 31.4 Å². The molecule has 0 saturated heterocycles. The molecule has 18 heavy (non-hydrogen) atoms. The SMILES string of the molecule is Cc1ccc(/C=C/C(=O)NC(C)CC(C)O)cc1. The molecular weight excluding hydrogens is 226 g/mol. The third-order valence-electron chi connectivity index (χ3n) is 2.59. The number of hydrogen-bond donors (Lipinski definition) is 2. The fraction of sp³-hybridized carbons (Fsp3) is 0.400. The Morgan fingerprint density at radius 1 is 1.33 bits per heavy atom. The number of amides is 1. The van der Waals surface area contributed by atoms with Crippen molar-refractivity contribution in [3.05, 3.63) is 41.5 Å². The van der Waals surface area contributed by atoms with E-state index in [1.807, 2.05) is 38.1 Å². The number of aliphatic hydroxyl groups is 1. The van der Waals surface area contributed by atoms with E-state index in [1.54, 1.807) is 13.0 Å². The Hall–Kier alpha value is -1.61. The molecule has 0 aromatic heterocycles. The molecule has 0 spiro atoms. The summed E-state index contributed by atoms with van der Waals surface area (Å²) in [6, 6.07) is 7.93. The lowest BCUT2D eigenvalue weighted by Gasteiger charge is -2.13. The van der Waals surface area contributed by atoms with Crippen molar-refractivity contribution in [3.8, 4) is 0 Å². The van der Waals surface area contributed by atoms with Gasteiger partial charge in [-0.25, -0.2) is 0 Å². The van der Waals surface area contributed by atoms with Crippen LogP contribution in [0.25, 0.3) is 6.08 Å². The Labute approximate surface area is 109 Å². The smallest absolute Gasteiger partial charge is 0.244 e. The Morgan fingerprint density at radius 3 is 2.50 bits per heavy atom. The molecule has 0 aliphatic rings. The van der Waals surface area contributed by atoms with Crippen molar-refractivity contribution < 1.29 is 9.90 Å². The molecule has 2 unspecified atom stereocenters. The Morgan fingerprint density at radius 2 is 1.94 bits per heavy atom. The first-order valence-corrected chi connectivity index (χ1v) is 6.20. The molecule has 0 fully saturated rings. The van der Waals surface area contributed by atoms with E-state index in [2.05, 4.69) is 5.32 Å². The van der Waals surface area contributed by atoms with Crippen LogP contribution in [0.5, 0.6) is 0 Å². The molecule has 1 aromatic carbocycles. The van der Waals surface area contributed by atoms with E-state index in [0.29, 0.717) is 6.42 Å². The van der Waals surface area contributed by atoms with Gasteiger partial charge in [-0.05, 0) is 38.8 Å². The first-order chi connectivity index (χ1) is 8.47. The first-order valence-electron chi connectivity index (χ1n) is 6.20. The van der Waals surface area contributed by atoms with Crippen LogP contribution < -0.4 is 5.32 Å². The minimum absolute atomic E-state index is 0.0276. The van der Waals surface area contributed by atoms with Gasteiger partial charge in [0, 0.05) is 12.1 Å². The van der Waals surface area contributed by atoms with E-state index in [-0.39, 0.29) is 11.9 Å². The highest BCUT2D eigenvalue weighted by Crippen LogP contribution is 2.05. The van der Waals surface area contributed by atoms with Crippen molar-refractivity contribution in [2.24, 2.45) is 0 Å². The van der Waals surface area contributed by atoms with E-state index in [0.717, 1.165) is 5.56 Å². The molecular formula is C15H21NO2. The second-order valence-electron chi connectivity index (χ2n) is 4.74. The van der Waals surface area contributed by atoms with E-state index in [9.17, 15) is 9.90 Å². The van der Waals surface area contributed by atoms with Gasteiger partial charge in [-0.1, -0.05) is 29.8 Å². The summed E-state index contributed by atoms with van der Waals surface area (Å²) in [6.07, 6.45) is 3.46. The highest BCUT2D eigenvalue weighted by Gasteiger charge is 2.07.